The van der Waals surface area contributed by atoms with Gasteiger partial charge >= 0.3 is 5.97 Å². The summed E-state index contributed by atoms with van der Waals surface area (Å²) in [5, 5.41) is 1.93. The Balaban J connectivity index is 1.57. The molecule has 8 heteroatoms. The number of halogens is 1. The minimum atomic E-state index is -0.734. The van der Waals surface area contributed by atoms with Gasteiger partial charge in [-0.1, -0.05) is 22.0 Å². The molecule has 2 aliphatic heterocycles. The highest BCUT2D eigenvalue weighted by molar-refractivity contribution is 9.10. The Kier molecular flexibility index (Phi) is 5.25. The maximum Gasteiger partial charge on any atom is 0.333 e. The summed E-state index contributed by atoms with van der Waals surface area (Å²) in [5.41, 5.74) is 1.60. The average Bonchev–Trinajstić information content (AvgIpc) is 3.32. The first-order valence-electron chi connectivity index (χ1n) is 9.00. The molecule has 0 aliphatic carbocycles. The average molecular weight is 463 g/mol. The first kappa shape index (κ1) is 19.1. The lowest BCUT2D eigenvalue weighted by Crippen LogP contribution is -2.46. The molecule has 2 unspecified atom stereocenters. The van der Waals surface area contributed by atoms with Gasteiger partial charge in [-0.25, -0.2) is 4.79 Å². The predicted octanol–water partition coefficient (Wildman–Crippen LogP) is 3.16. The van der Waals surface area contributed by atoms with Gasteiger partial charge in [0.15, 0.2) is 6.04 Å². The van der Waals surface area contributed by atoms with Crippen molar-refractivity contribution in [1.29, 1.82) is 0 Å². The zero-order chi connectivity index (χ0) is 19.8. The third kappa shape index (κ3) is 3.35. The molecule has 28 heavy (non-hydrogen) atoms. The number of thiophene rings is 1. The highest BCUT2D eigenvalue weighted by Crippen LogP contribution is 2.36. The molecule has 1 aromatic carbocycles. The second-order valence-electron chi connectivity index (χ2n) is 6.89. The van der Waals surface area contributed by atoms with Gasteiger partial charge in [0, 0.05) is 34.5 Å². The van der Waals surface area contributed by atoms with Crippen LogP contribution in [0.2, 0.25) is 0 Å². The van der Waals surface area contributed by atoms with E-state index < -0.39 is 17.9 Å². The molecule has 0 N–H and O–H groups in total. The summed E-state index contributed by atoms with van der Waals surface area (Å²) in [5.74, 6) is -1.17. The summed E-state index contributed by atoms with van der Waals surface area (Å²) >= 11 is 5.01. The second-order valence-corrected chi connectivity index (χ2v) is 8.81. The summed E-state index contributed by atoms with van der Waals surface area (Å²) in [6.45, 7) is 0.767. The van der Waals surface area contributed by atoms with Crippen LogP contribution in [0.1, 0.15) is 22.9 Å². The number of fused-ring (bicyclic) bond motifs is 1. The number of esters is 1. The Hall–Kier alpha value is -2.19. The molecule has 2 atom stereocenters. The third-order valence-corrected chi connectivity index (χ3v) is 6.76. The fourth-order valence-corrected chi connectivity index (χ4v) is 5.21. The van der Waals surface area contributed by atoms with Crippen LogP contribution in [0.4, 0.5) is 5.69 Å². The Morgan fingerprint density at radius 1 is 1.29 bits per heavy atom. The van der Waals surface area contributed by atoms with Crippen molar-refractivity contribution in [2.75, 3.05) is 25.1 Å². The van der Waals surface area contributed by atoms with Crippen molar-refractivity contribution in [2.45, 2.75) is 18.9 Å². The summed E-state index contributed by atoms with van der Waals surface area (Å²) in [6.07, 6.45) is 0.856. The van der Waals surface area contributed by atoms with E-state index in [9.17, 15) is 14.4 Å². The number of rotatable bonds is 3. The smallest absolute Gasteiger partial charge is 0.333 e. The van der Waals surface area contributed by atoms with Crippen molar-refractivity contribution in [2.24, 2.45) is 5.92 Å². The predicted molar refractivity (Wildman–Crippen MR) is 109 cm³/mol. The molecule has 2 aromatic rings. The highest BCUT2D eigenvalue weighted by Gasteiger charge is 2.43. The number of nitrogens with zero attached hydrogens (tertiary/aromatic N) is 2. The van der Waals surface area contributed by atoms with Crippen LogP contribution >= 0.6 is 27.3 Å². The van der Waals surface area contributed by atoms with Crippen molar-refractivity contribution >= 4 is 50.7 Å². The van der Waals surface area contributed by atoms with E-state index in [0.29, 0.717) is 19.5 Å². The normalized spacial score (nSPS) is 21.6. The first-order chi connectivity index (χ1) is 13.5. The number of benzene rings is 1. The van der Waals surface area contributed by atoms with Crippen molar-refractivity contribution in [1.82, 2.24) is 4.90 Å². The van der Waals surface area contributed by atoms with E-state index in [4.69, 9.17) is 4.74 Å². The Morgan fingerprint density at radius 2 is 2.11 bits per heavy atom. The molecule has 1 saturated heterocycles. The topological polar surface area (TPSA) is 66.9 Å². The molecule has 2 amide bonds. The molecule has 4 rings (SSSR count). The van der Waals surface area contributed by atoms with Gasteiger partial charge in [0.2, 0.25) is 11.8 Å². The molecule has 0 bridgehead atoms. The van der Waals surface area contributed by atoms with E-state index in [0.717, 1.165) is 20.6 Å². The molecule has 2 aliphatic rings. The molecule has 146 valence electrons. The van der Waals surface area contributed by atoms with Gasteiger partial charge in [0.1, 0.15) is 0 Å². The van der Waals surface area contributed by atoms with E-state index in [1.807, 2.05) is 35.7 Å². The van der Waals surface area contributed by atoms with Crippen LogP contribution in [0.15, 0.2) is 40.2 Å². The highest BCUT2D eigenvalue weighted by atomic mass is 79.9. The number of carbonyl (C=O) groups excluding carboxylic acids is 3. The van der Waals surface area contributed by atoms with Crippen molar-refractivity contribution in [3.05, 3.63) is 50.6 Å². The quantitative estimate of drug-likeness (QED) is 0.656. The van der Waals surface area contributed by atoms with Gasteiger partial charge in [-0.05, 0) is 41.6 Å². The van der Waals surface area contributed by atoms with Crippen molar-refractivity contribution in [3.8, 4) is 0 Å². The van der Waals surface area contributed by atoms with Crippen molar-refractivity contribution in [3.63, 3.8) is 0 Å². The maximum absolute atomic E-state index is 13.3. The minimum Gasteiger partial charge on any atom is -0.467 e. The summed E-state index contributed by atoms with van der Waals surface area (Å²) < 4.78 is 5.85. The number of amides is 2. The molecule has 1 fully saturated rings. The Bertz CT molecular complexity index is 944. The SMILES string of the molecule is COC(=O)C1c2ccsc2CCN1C(=O)C1CC(=O)N(c2cccc(Br)c2)C1. The molecule has 0 saturated carbocycles. The van der Waals surface area contributed by atoms with E-state index in [-0.39, 0.29) is 18.2 Å². The van der Waals surface area contributed by atoms with Gasteiger partial charge in [0.25, 0.3) is 0 Å². The number of ether oxygens (including phenoxy) is 1. The van der Waals surface area contributed by atoms with Crippen LogP contribution in [0.3, 0.4) is 0 Å². The lowest BCUT2D eigenvalue weighted by atomic mass is 9.97. The van der Waals surface area contributed by atoms with Crippen molar-refractivity contribution < 1.29 is 19.1 Å². The third-order valence-electron chi connectivity index (χ3n) is 5.27. The number of hydrogen-bond donors (Lipinski definition) is 0. The number of carbonyl (C=O) groups is 3. The largest absolute Gasteiger partial charge is 0.467 e. The fourth-order valence-electron chi connectivity index (χ4n) is 3.92. The number of anilines is 1. The molecule has 0 radical (unpaired) electrons. The lowest BCUT2D eigenvalue weighted by Gasteiger charge is -2.35. The molecular formula is C20H19BrN2O4S. The molecular weight excluding hydrogens is 444 g/mol. The Labute approximate surface area is 175 Å². The van der Waals surface area contributed by atoms with Gasteiger partial charge in [-0.3, -0.25) is 9.59 Å². The van der Waals surface area contributed by atoms with Crippen LogP contribution in [0.25, 0.3) is 0 Å². The van der Waals surface area contributed by atoms with Crippen LogP contribution in [0.5, 0.6) is 0 Å². The summed E-state index contributed by atoms with van der Waals surface area (Å²) in [6, 6.07) is 8.61. The summed E-state index contributed by atoms with van der Waals surface area (Å²) in [4.78, 5) is 42.6. The second kappa shape index (κ2) is 7.67. The monoisotopic (exact) mass is 462 g/mol. The zero-order valence-electron chi connectivity index (χ0n) is 15.3. The number of hydrogen-bond acceptors (Lipinski definition) is 5. The van der Waals surface area contributed by atoms with Crippen LogP contribution < -0.4 is 4.90 Å². The Morgan fingerprint density at radius 3 is 2.86 bits per heavy atom. The van der Waals surface area contributed by atoms with E-state index in [1.54, 1.807) is 21.1 Å². The van der Waals surface area contributed by atoms with Gasteiger partial charge < -0.3 is 14.5 Å². The van der Waals surface area contributed by atoms with Gasteiger partial charge in [-0.2, -0.15) is 0 Å². The standard InChI is InChI=1S/C20H19BrN2O4S/c1-27-20(26)18-15-6-8-28-16(15)5-7-22(18)19(25)12-9-17(24)23(11-12)14-4-2-3-13(21)10-14/h2-4,6,8,10,12,18H,5,7,9,11H2,1H3. The van der Waals surface area contributed by atoms with Crippen LogP contribution in [0, 0.1) is 5.92 Å². The van der Waals surface area contributed by atoms with E-state index in [1.165, 1.54) is 7.11 Å². The number of methoxy groups -OCH3 is 1. The molecule has 1 aromatic heterocycles. The summed E-state index contributed by atoms with van der Waals surface area (Å²) in [7, 11) is 1.33. The van der Waals surface area contributed by atoms with E-state index in [2.05, 4.69) is 15.9 Å². The fraction of sp³-hybridized carbons (Fsp3) is 0.350. The van der Waals surface area contributed by atoms with Crippen LogP contribution in [-0.4, -0.2) is 42.9 Å². The minimum absolute atomic E-state index is 0.0840. The van der Waals surface area contributed by atoms with Gasteiger partial charge in [0.05, 0.1) is 13.0 Å². The van der Waals surface area contributed by atoms with E-state index >= 15 is 0 Å². The molecule has 6 nitrogen and oxygen atoms in total. The maximum atomic E-state index is 13.3. The first-order valence-corrected chi connectivity index (χ1v) is 10.7. The van der Waals surface area contributed by atoms with Crippen LogP contribution in [-0.2, 0) is 25.5 Å². The lowest BCUT2D eigenvalue weighted by molar-refractivity contribution is -0.155. The molecule has 3 heterocycles. The zero-order valence-corrected chi connectivity index (χ0v) is 17.7. The molecule has 0 spiro atoms. The van der Waals surface area contributed by atoms with Gasteiger partial charge in [-0.15, -0.1) is 11.3 Å².